The van der Waals surface area contributed by atoms with Crippen molar-refractivity contribution in [3.8, 4) is 0 Å². The number of carboxylic acid groups (broad SMARTS) is 1. The molecule has 26 N–H and O–H groups in total. The maximum Gasteiger partial charge on any atom is 0.407 e. The van der Waals surface area contributed by atoms with Crippen LogP contribution in [-0.2, 0) is 104 Å². The van der Waals surface area contributed by atoms with Crippen LogP contribution in [0.15, 0.2) is 0 Å². The third-order valence-corrected chi connectivity index (χ3v) is 19.9. The van der Waals surface area contributed by atoms with Gasteiger partial charge in [0.25, 0.3) is 5.79 Å². The van der Waals surface area contributed by atoms with Crippen LogP contribution in [-0.4, -0.2) is 455 Å². The van der Waals surface area contributed by atoms with Gasteiger partial charge in [0.2, 0.25) is 17.7 Å². The van der Waals surface area contributed by atoms with Crippen molar-refractivity contribution in [1.82, 2.24) is 21.3 Å². The molecule has 13 unspecified atom stereocenters. The molecule has 111 heavy (non-hydrogen) atoms. The van der Waals surface area contributed by atoms with Gasteiger partial charge in [0.15, 0.2) is 37.7 Å². The van der Waals surface area contributed by atoms with Gasteiger partial charge in [-0.05, 0) is 0 Å². The molecule has 0 spiro atoms. The number of aliphatic hydroxyl groups is 19. The lowest BCUT2D eigenvalue weighted by molar-refractivity contribution is -0.395. The van der Waals surface area contributed by atoms with Crippen LogP contribution in [0.25, 0.3) is 0 Å². The zero-order chi connectivity index (χ0) is 82.3. The molecule has 7 rings (SSSR count). The average molecular weight is 1650 g/mol. The van der Waals surface area contributed by atoms with Crippen molar-refractivity contribution in [3.63, 3.8) is 0 Å². The number of nitrogens with one attached hydrogen (secondary N) is 4. The monoisotopic (exact) mass is 1640 g/mol. The second-order valence-electron chi connectivity index (χ2n) is 27.1. The summed E-state index contributed by atoms with van der Waals surface area (Å²) in [5.41, 5.74) is 0. The first-order valence-electron chi connectivity index (χ1n) is 35.2. The average Bonchev–Trinajstić information content (AvgIpc) is 0.774. The van der Waals surface area contributed by atoms with Crippen molar-refractivity contribution in [1.29, 1.82) is 0 Å². The van der Waals surface area contributed by atoms with Crippen molar-refractivity contribution < 1.29 is 221 Å². The second kappa shape index (κ2) is 42.9. The van der Waals surface area contributed by atoms with Crippen molar-refractivity contribution in [2.45, 2.75) is 248 Å². The van der Waals surface area contributed by atoms with Gasteiger partial charge in [0.05, 0.1) is 97.7 Å². The fourth-order valence-corrected chi connectivity index (χ4v) is 13.5. The Bertz CT molecular complexity index is 2950. The van der Waals surface area contributed by atoms with E-state index in [4.69, 9.17) is 90.3 Å². The lowest BCUT2D eigenvalue weighted by Gasteiger charge is -2.51. The molecule has 49 nitrogen and oxygen atoms in total. The van der Waals surface area contributed by atoms with Gasteiger partial charge in [-0.1, -0.05) is 6.92 Å². The number of hydrogen-bond donors (Lipinski definition) is 26. The summed E-state index contributed by atoms with van der Waals surface area (Å²) in [6.45, 7) is -4.43. The van der Waals surface area contributed by atoms with Gasteiger partial charge in [0.1, 0.15) is 165 Å². The van der Waals surface area contributed by atoms with E-state index < -0.39 is 316 Å². The SMILES string of the molecule is CC(=O)NC1[C@H](OCCNC(=O)OCCOCCOCCP(=O)(O)O)OC(CO)[C@@H](O[C@@H]2OC(CO)[C@@H](O[C@@H]3OC(CO)[C@@H](O)[C@H](O[C@H]4O[C@@H](CO)[C@@H](O)C(O)C4O[C@@H]4OC(CO)[C@@H](O[C@@H]5OC(CO[C@]6(C(=O)O)C[C@@H](O)[C@@H](C)C([C@H](O)[C@H](O)CO)O6)[C@H](O)[C@H](O)C5O)[C@H](O)C4NC(C)=O)C3O)[C@H](O)C2NC(C)=O)[C@@H]1O. The first kappa shape index (κ1) is 94.1. The molecule has 4 amide bonds. The summed E-state index contributed by atoms with van der Waals surface area (Å²) >= 11 is 0. The van der Waals surface area contributed by atoms with E-state index in [9.17, 15) is 131 Å². The molecule has 7 fully saturated rings. The van der Waals surface area contributed by atoms with E-state index in [1.54, 1.807) is 0 Å². The summed E-state index contributed by atoms with van der Waals surface area (Å²) in [4.78, 5) is 81.2. The number of amides is 4. The van der Waals surface area contributed by atoms with Gasteiger partial charge in [-0.25, -0.2) is 9.59 Å². The van der Waals surface area contributed by atoms with Crippen molar-refractivity contribution in [2.75, 3.05) is 98.6 Å². The normalized spacial score (nSPS) is 41.5. The first-order chi connectivity index (χ1) is 52.4. The van der Waals surface area contributed by atoms with Crippen molar-refractivity contribution >= 4 is 37.4 Å². The summed E-state index contributed by atoms with van der Waals surface area (Å²) in [7, 11) is -4.23. The summed E-state index contributed by atoms with van der Waals surface area (Å²) in [5, 5.41) is 230. The largest absolute Gasteiger partial charge is 0.477 e. The fourth-order valence-electron chi connectivity index (χ4n) is 13.2. The summed E-state index contributed by atoms with van der Waals surface area (Å²) in [5.74, 6) is -8.48. The van der Waals surface area contributed by atoms with E-state index in [2.05, 4.69) is 21.3 Å². The molecule has 0 radical (unpaired) electrons. The third-order valence-electron chi connectivity index (χ3n) is 19.1. The molecule has 36 atom stereocenters. The van der Waals surface area contributed by atoms with E-state index in [0.717, 1.165) is 20.8 Å². The molecule has 7 heterocycles. The Labute approximate surface area is 630 Å². The van der Waals surface area contributed by atoms with Crippen LogP contribution >= 0.6 is 7.60 Å². The highest BCUT2D eigenvalue weighted by molar-refractivity contribution is 7.51. The van der Waals surface area contributed by atoms with Gasteiger partial charge in [-0.2, -0.15) is 0 Å². The predicted molar refractivity (Wildman–Crippen MR) is 349 cm³/mol. The molecular formula is C61H105N4O45P. The van der Waals surface area contributed by atoms with Gasteiger partial charge < -0.3 is 214 Å². The van der Waals surface area contributed by atoms with Gasteiger partial charge in [-0.15, -0.1) is 0 Å². The number of aliphatic carboxylic acids is 1. The lowest BCUT2D eigenvalue weighted by atomic mass is 9.84. The minimum Gasteiger partial charge on any atom is -0.477 e. The van der Waals surface area contributed by atoms with Crippen LogP contribution < -0.4 is 21.3 Å². The predicted octanol–water partition coefficient (Wildman–Crippen LogP) is -15.4. The Morgan fingerprint density at radius 1 is 0.477 bits per heavy atom. The molecule has 0 aromatic heterocycles. The standard InChI is InChI=1S/C61H105N4O45P/c1-21-25(75)13-61(59(88)89,110-47(21)36(77)26(76)14-66)98-20-32-38(79)43(84)45(86)56(104-32)106-49-30(18-70)103-55(35(42(49)83)65-24(4)74)109-52-44(85)37(78)27(15-67)100-58(52)108-51-39(80)28(16-68)99-57(46(51)87)107-50-31(19-71)102-54(34(41(50)82)64-23(3)73)105-48-29(17-69)101-53(33(40(48)81)63-22(2)72)96-6-5-62-60(90)97-10-9-94-7-8-95-11-12-111(91,92)93/h21,25-58,66-71,75-87H,5-20H2,1-4H3,(H,62,90)(H,63,72)(H,64,73)(H,65,74)(H,88,89)(H2,91,92,93)/t21-,25-,26-,27+,28?,29?,30?,31?,32?,33?,34?,35?,36-,37-,38+,39-,40-,41-,42-,43+,44?,45?,46?,47?,48-,49-,50-,51+,52?,53-,54+,55+,56+,57+,58-,61-/m1/s1. The number of aliphatic hydroxyl groups excluding tert-OH is 19. The molecular weight excluding hydrogens is 1540 g/mol. The second-order valence-corrected chi connectivity index (χ2v) is 28.9. The maximum atomic E-state index is 12.9. The molecule has 7 aliphatic rings. The summed E-state index contributed by atoms with van der Waals surface area (Å²) in [6, 6.07) is -5.34. The fraction of sp³-hybridized carbons (Fsp3) is 0.918. The smallest absolute Gasteiger partial charge is 0.407 e. The zero-order valence-electron chi connectivity index (χ0n) is 60.2. The number of carboxylic acids is 1. The molecule has 0 bridgehead atoms. The van der Waals surface area contributed by atoms with Crippen LogP contribution in [0.3, 0.4) is 0 Å². The minimum absolute atomic E-state index is 0.00403. The molecule has 50 heteroatoms. The number of carbonyl (C=O) groups excluding carboxylic acids is 4. The van der Waals surface area contributed by atoms with Crippen LogP contribution in [0, 0.1) is 5.92 Å². The van der Waals surface area contributed by atoms with E-state index in [1.165, 1.54) is 6.92 Å². The van der Waals surface area contributed by atoms with Crippen LogP contribution in [0.4, 0.5) is 4.79 Å². The molecule has 0 aliphatic carbocycles. The Balaban J connectivity index is 1.03. The van der Waals surface area contributed by atoms with E-state index in [-0.39, 0.29) is 46.2 Å². The molecule has 0 aromatic carbocycles. The van der Waals surface area contributed by atoms with Gasteiger partial charge >= 0.3 is 19.7 Å². The summed E-state index contributed by atoms with van der Waals surface area (Å²) < 4.78 is 109. The van der Waals surface area contributed by atoms with Crippen molar-refractivity contribution in [2.24, 2.45) is 5.92 Å². The van der Waals surface area contributed by atoms with Crippen LogP contribution in [0.2, 0.25) is 0 Å². The van der Waals surface area contributed by atoms with E-state index >= 15 is 0 Å². The molecule has 7 aliphatic heterocycles. The number of alkyl carbamates (subject to hydrolysis) is 1. The maximum absolute atomic E-state index is 12.9. The summed E-state index contributed by atoms with van der Waals surface area (Å²) in [6.07, 6.45) is -65.1. The molecule has 644 valence electrons. The quantitative estimate of drug-likeness (QED) is 0.0202. The molecule has 7 saturated heterocycles. The molecule has 0 aromatic rings. The molecule has 0 saturated carbocycles. The zero-order valence-corrected chi connectivity index (χ0v) is 61.1. The number of ether oxygens (including phenoxy) is 17. The van der Waals surface area contributed by atoms with Crippen molar-refractivity contribution in [3.05, 3.63) is 0 Å². The Hall–Kier alpha value is -4.10. The highest BCUT2D eigenvalue weighted by Crippen LogP contribution is 2.41. The number of rotatable bonds is 38. The number of carbonyl (C=O) groups is 5. The van der Waals surface area contributed by atoms with E-state index in [1.807, 2.05) is 0 Å². The highest BCUT2D eigenvalue weighted by Gasteiger charge is 2.61. The highest BCUT2D eigenvalue weighted by atomic mass is 31.2. The number of hydrogen-bond acceptors (Lipinski definition) is 42. The van der Waals surface area contributed by atoms with E-state index in [0.29, 0.717) is 0 Å². The van der Waals surface area contributed by atoms with Gasteiger partial charge in [0, 0.05) is 39.7 Å². The topological polar surface area (TPSA) is 753 Å². The third kappa shape index (κ3) is 24.1. The Kier molecular flexibility index (Phi) is 36.3. The van der Waals surface area contributed by atoms with Crippen LogP contribution in [0.5, 0.6) is 0 Å². The Morgan fingerprint density at radius 2 is 0.901 bits per heavy atom. The Morgan fingerprint density at radius 3 is 1.40 bits per heavy atom. The first-order valence-corrected chi connectivity index (χ1v) is 37.0. The van der Waals surface area contributed by atoms with Crippen LogP contribution in [0.1, 0.15) is 34.1 Å². The lowest BCUT2D eigenvalue weighted by Crippen LogP contribution is -2.71. The van der Waals surface area contributed by atoms with Gasteiger partial charge in [-0.3, -0.25) is 18.9 Å². The minimum atomic E-state index is -4.23.